The second-order valence-corrected chi connectivity index (χ2v) is 2.16. The molecule has 0 aliphatic heterocycles. The van der Waals surface area contributed by atoms with Gasteiger partial charge >= 0.3 is 11.9 Å². The summed E-state index contributed by atoms with van der Waals surface area (Å²) in [5.41, 5.74) is 0. The van der Waals surface area contributed by atoms with E-state index in [-0.39, 0.29) is 6.61 Å². The number of ether oxygens (including phenoxy) is 2. The molecule has 4 nitrogen and oxygen atoms in total. The van der Waals surface area contributed by atoms with Crippen LogP contribution in [0.5, 0.6) is 0 Å². The minimum atomic E-state index is -1.00. The molecule has 0 radical (unpaired) electrons. The van der Waals surface area contributed by atoms with Crippen molar-refractivity contribution >= 4 is 11.9 Å². The fourth-order valence-corrected chi connectivity index (χ4v) is 0.631. The van der Waals surface area contributed by atoms with E-state index in [0.717, 1.165) is 0 Å². The van der Waals surface area contributed by atoms with Crippen molar-refractivity contribution in [1.82, 2.24) is 0 Å². The summed E-state index contributed by atoms with van der Waals surface area (Å²) < 4.78 is 9.04. The molecular formula is C9H12O4. The van der Waals surface area contributed by atoms with E-state index in [9.17, 15) is 9.59 Å². The minimum Gasteiger partial charge on any atom is -0.458 e. The van der Waals surface area contributed by atoms with Crippen LogP contribution in [0.4, 0.5) is 0 Å². The Morgan fingerprint density at radius 3 is 2.46 bits per heavy atom. The molecule has 0 saturated carbocycles. The third kappa shape index (κ3) is 4.86. The van der Waals surface area contributed by atoms with Gasteiger partial charge < -0.3 is 9.47 Å². The smallest absolute Gasteiger partial charge is 0.418 e. The van der Waals surface area contributed by atoms with Crippen molar-refractivity contribution in [2.45, 2.75) is 26.9 Å². The molecule has 0 aliphatic rings. The molecule has 0 aliphatic carbocycles. The van der Waals surface area contributed by atoms with Crippen LogP contribution in [0.1, 0.15) is 20.8 Å². The highest BCUT2D eigenvalue weighted by Gasteiger charge is 2.18. The number of hydrogen-bond donors (Lipinski definition) is 0. The molecule has 0 aromatic rings. The summed E-state index contributed by atoms with van der Waals surface area (Å²) in [5, 5.41) is 0. The van der Waals surface area contributed by atoms with Crippen LogP contribution in [0.2, 0.25) is 0 Å². The minimum absolute atomic E-state index is 0.155. The standard InChI is InChI=1S/C9H12O4/c1-4-6-7(3)13-9(11)8(10)12-5-2/h7H,5H2,1-3H3. The highest BCUT2D eigenvalue weighted by Crippen LogP contribution is 1.91. The Labute approximate surface area is 77.2 Å². The first-order valence-corrected chi connectivity index (χ1v) is 3.91. The van der Waals surface area contributed by atoms with Crippen LogP contribution in [0.3, 0.4) is 0 Å². The van der Waals surface area contributed by atoms with E-state index in [4.69, 9.17) is 0 Å². The monoisotopic (exact) mass is 184 g/mol. The first-order chi connectivity index (χ1) is 6.11. The molecule has 13 heavy (non-hydrogen) atoms. The number of rotatable bonds is 2. The highest BCUT2D eigenvalue weighted by atomic mass is 16.6. The summed E-state index contributed by atoms with van der Waals surface area (Å²) in [6.45, 7) is 4.96. The van der Waals surface area contributed by atoms with Crippen LogP contribution >= 0.6 is 0 Å². The summed E-state index contributed by atoms with van der Waals surface area (Å²) in [7, 11) is 0. The van der Waals surface area contributed by atoms with Crippen LogP contribution in [0.15, 0.2) is 0 Å². The second-order valence-electron chi connectivity index (χ2n) is 2.16. The van der Waals surface area contributed by atoms with Gasteiger partial charge in [-0.3, -0.25) is 0 Å². The molecule has 4 heteroatoms. The van der Waals surface area contributed by atoms with Crippen molar-refractivity contribution < 1.29 is 19.1 Å². The Morgan fingerprint density at radius 1 is 1.38 bits per heavy atom. The largest absolute Gasteiger partial charge is 0.458 e. The normalized spacial score (nSPS) is 10.7. The molecule has 0 amide bonds. The van der Waals surface area contributed by atoms with Gasteiger partial charge in [0, 0.05) is 0 Å². The molecule has 0 aromatic heterocycles. The van der Waals surface area contributed by atoms with Crippen molar-refractivity contribution in [3.8, 4) is 11.8 Å². The molecule has 0 heterocycles. The van der Waals surface area contributed by atoms with Crippen molar-refractivity contribution in [2.24, 2.45) is 0 Å². The summed E-state index contributed by atoms with van der Waals surface area (Å²) in [5.74, 6) is 3.15. The third-order valence-electron chi connectivity index (χ3n) is 1.07. The van der Waals surface area contributed by atoms with Crippen molar-refractivity contribution in [3.05, 3.63) is 0 Å². The van der Waals surface area contributed by atoms with Gasteiger partial charge in [0.05, 0.1) is 6.61 Å². The fourth-order valence-electron chi connectivity index (χ4n) is 0.631. The van der Waals surface area contributed by atoms with E-state index in [1.807, 2.05) is 0 Å². The highest BCUT2D eigenvalue weighted by molar-refractivity contribution is 6.29. The molecule has 0 N–H and O–H groups in total. The van der Waals surface area contributed by atoms with Gasteiger partial charge in [0.2, 0.25) is 0 Å². The van der Waals surface area contributed by atoms with Gasteiger partial charge in [0.15, 0.2) is 6.10 Å². The zero-order valence-corrected chi connectivity index (χ0v) is 7.92. The Balaban J connectivity index is 3.97. The number of esters is 2. The average Bonchev–Trinajstić information content (AvgIpc) is 2.05. The Kier molecular flexibility index (Phi) is 5.37. The molecule has 0 aromatic carbocycles. The maximum absolute atomic E-state index is 10.9. The van der Waals surface area contributed by atoms with Crippen molar-refractivity contribution in [2.75, 3.05) is 6.61 Å². The zero-order chi connectivity index (χ0) is 10.3. The van der Waals surface area contributed by atoms with Crippen LogP contribution in [-0.4, -0.2) is 24.6 Å². The molecule has 72 valence electrons. The summed E-state index contributed by atoms with van der Waals surface area (Å²) >= 11 is 0. The Bertz CT molecular complexity index is 246. The van der Waals surface area contributed by atoms with Crippen molar-refractivity contribution in [3.63, 3.8) is 0 Å². The maximum Gasteiger partial charge on any atom is 0.418 e. The topological polar surface area (TPSA) is 52.6 Å². The molecular weight excluding hydrogens is 172 g/mol. The lowest BCUT2D eigenvalue weighted by molar-refractivity contribution is -0.168. The number of hydrogen-bond acceptors (Lipinski definition) is 4. The van der Waals surface area contributed by atoms with E-state index < -0.39 is 18.0 Å². The lowest BCUT2D eigenvalue weighted by Crippen LogP contribution is -2.23. The van der Waals surface area contributed by atoms with E-state index in [1.54, 1.807) is 20.8 Å². The first-order valence-electron chi connectivity index (χ1n) is 3.91. The lowest BCUT2D eigenvalue weighted by atomic mass is 10.4. The van der Waals surface area contributed by atoms with Crippen LogP contribution in [-0.2, 0) is 19.1 Å². The van der Waals surface area contributed by atoms with Crippen LogP contribution < -0.4 is 0 Å². The van der Waals surface area contributed by atoms with E-state index >= 15 is 0 Å². The second kappa shape index (κ2) is 6.06. The average molecular weight is 184 g/mol. The van der Waals surface area contributed by atoms with Gasteiger partial charge in [-0.25, -0.2) is 9.59 Å². The first kappa shape index (κ1) is 11.5. The molecule has 0 rings (SSSR count). The molecule has 0 bridgehead atoms. The van der Waals surface area contributed by atoms with E-state index in [1.165, 1.54) is 0 Å². The van der Waals surface area contributed by atoms with Gasteiger partial charge in [0.1, 0.15) is 0 Å². The third-order valence-corrected chi connectivity index (χ3v) is 1.07. The van der Waals surface area contributed by atoms with Crippen LogP contribution in [0, 0.1) is 11.8 Å². The van der Waals surface area contributed by atoms with E-state index in [0.29, 0.717) is 0 Å². The van der Waals surface area contributed by atoms with E-state index in [2.05, 4.69) is 21.3 Å². The number of carbonyl (C=O) groups is 2. The lowest BCUT2D eigenvalue weighted by Gasteiger charge is -2.05. The quantitative estimate of drug-likeness (QED) is 0.356. The van der Waals surface area contributed by atoms with Gasteiger partial charge in [-0.15, -0.1) is 5.92 Å². The van der Waals surface area contributed by atoms with Gasteiger partial charge in [-0.1, -0.05) is 5.92 Å². The molecule has 1 atom stereocenters. The molecule has 1 unspecified atom stereocenters. The number of carbonyl (C=O) groups excluding carboxylic acids is 2. The van der Waals surface area contributed by atoms with Gasteiger partial charge in [-0.05, 0) is 20.8 Å². The summed E-state index contributed by atoms with van der Waals surface area (Å²) in [4.78, 5) is 21.6. The van der Waals surface area contributed by atoms with Crippen molar-refractivity contribution in [1.29, 1.82) is 0 Å². The summed E-state index contributed by atoms with van der Waals surface area (Å²) in [6, 6.07) is 0. The SMILES string of the molecule is CC#CC(C)OC(=O)C(=O)OCC. The molecule has 0 spiro atoms. The molecule has 0 fully saturated rings. The fraction of sp³-hybridized carbons (Fsp3) is 0.556. The Hall–Kier alpha value is -1.50. The zero-order valence-electron chi connectivity index (χ0n) is 7.92. The maximum atomic E-state index is 10.9. The predicted molar refractivity (Wildman–Crippen MR) is 45.6 cm³/mol. The summed E-state index contributed by atoms with van der Waals surface area (Å²) in [6.07, 6.45) is -0.582. The Morgan fingerprint density at radius 2 is 2.00 bits per heavy atom. The van der Waals surface area contributed by atoms with Crippen LogP contribution in [0.25, 0.3) is 0 Å². The van der Waals surface area contributed by atoms with Gasteiger partial charge in [-0.2, -0.15) is 0 Å². The molecule has 0 saturated heterocycles. The predicted octanol–water partition coefficient (Wildman–Crippen LogP) is 0.504. The van der Waals surface area contributed by atoms with Gasteiger partial charge in [0.25, 0.3) is 0 Å².